The van der Waals surface area contributed by atoms with Gasteiger partial charge in [0.1, 0.15) is 6.04 Å². The average molecular weight is 234 g/mol. The minimum atomic E-state index is -0.983. The van der Waals surface area contributed by atoms with Gasteiger partial charge in [-0.25, -0.2) is 0 Å². The Morgan fingerprint density at radius 3 is 2.94 bits per heavy atom. The van der Waals surface area contributed by atoms with Crippen molar-refractivity contribution >= 4 is 17.6 Å². The molecule has 0 radical (unpaired) electrons. The van der Waals surface area contributed by atoms with Crippen LogP contribution < -0.4 is 5.32 Å². The Bertz CT molecular complexity index is 459. The zero-order chi connectivity index (χ0) is 12.4. The third-order valence-corrected chi connectivity index (χ3v) is 2.81. The number of amides is 1. The number of carbonyl (C=O) groups is 2. The Balaban J connectivity index is 2.31. The Labute approximate surface area is 99.0 Å². The average Bonchev–Trinajstić information content (AvgIpc) is 2.38. The van der Waals surface area contributed by atoms with E-state index in [-0.39, 0.29) is 12.3 Å². The molecule has 0 saturated heterocycles. The number of rotatable bonds is 2. The third kappa shape index (κ3) is 2.38. The molecule has 5 heteroatoms. The fraction of sp³-hybridized carbons (Fsp3) is 0.333. The molecule has 0 aromatic heterocycles. The monoisotopic (exact) mass is 234 g/mol. The van der Waals surface area contributed by atoms with Crippen LogP contribution in [0.15, 0.2) is 24.3 Å². The van der Waals surface area contributed by atoms with Crippen LogP contribution in [0.1, 0.15) is 12.0 Å². The molecule has 5 nitrogen and oxygen atoms in total. The second kappa shape index (κ2) is 4.45. The van der Waals surface area contributed by atoms with E-state index in [9.17, 15) is 9.59 Å². The molecule has 0 bridgehead atoms. The van der Waals surface area contributed by atoms with Crippen molar-refractivity contribution in [2.45, 2.75) is 19.0 Å². The van der Waals surface area contributed by atoms with Crippen LogP contribution in [0.4, 0.5) is 5.69 Å². The maximum absolute atomic E-state index is 11.9. The largest absolute Gasteiger partial charge is 0.481 e. The van der Waals surface area contributed by atoms with Crippen molar-refractivity contribution in [1.29, 1.82) is 0 Å². The van der Waals surface area contributed by atoms with E-state index in [1.165, 1.54) is 0 Å². The van der Waals surface area contributed by atoms with Gasteiger partial charge in [0.05, 0.1) is 6.42 Å². The van der Waals surface area contributed by atoms with E-state index in [2.05, 4.69) is 5.32 Å². The quantitative estimate of drug-likeness (QED) is 0.798. The minimum Gasteiger partial charge on any atom is -0.481 e. The fourth-order valence-corrected chi connectivity index (χ4v) is 1.96. The number of carboxylic acids is 1. The van der Waals surface area contributed by atoms with Gasteiger partial charge in [0.15, 0.2) is 0 Å². The topological polar surface area (TPSA) is 69.6 Å². The second-order valence-corrected chi connectivity index (χ2v) is 4.15. The zero-order valence-corrected chi connectivity index (χ0v) is 9.51. The molecule has 2 N–H and O–H groups in total. The number of fused-ring (bicyclic) bond motifs is 1. The van der Waals surface area contributed by atoms with Gasteiger partial charge in [-0.05, 0) is 11.6 Å². The first-order valence-electron chi connectivity index (χ1n) is 5.39. The molecule has 0 aliphatic carbocycles. The van der Waals surface area contributed by atoms with Crippen molar-refractivity contribution in [3.05, 3.63) is 29.8 Å². The van der Waals surface area contributed by atoms with Gasteiger partial charge in [-0.1, -0.05) is 18.2 Å². The summed E-state index contributed by atoms with van der Waals surface area (Å²) in [6.07, 6.45) is -0.211. The van der Waals surface area contributed by atoms with E-state index in [0.717, 1.165) is 11.3 Å². The van der Waals surface area contributed by atoms with E-state index < -0.39 is 12.0 Å². The van der Waals surface area contributed by atoms with Crippen molar-refractivity contribution < 1.29 is 14.7 Å². The smallest absolute Gasteiger partial charge is 0.305 e. The summed E-state index contributed by atoms with van der Waals surface area (Å²) < 4.78 is 0. The van der Waals surface area contributed by atoms with Crippen LogP contribution in [0, 0.1) is 0 Å². The van der Waals surface area contributed by atoms with Gasteiger partial charge in [0.25, 0.3) is 0 Å². The lowest BCUT2D eigenvalue weighted by molar-refractivity contribution is -0.141. The third-order valence-electron chi connectivity index (χ3n) is 2.81. The predicted octanol–water partition coefficient (Wildman–Crippen LogP) is 0.914. The van der Waals surface area contributed by atoms with E-state index in [1.807, 2.05) is 24.3 Å². The number of nitrogens with one attached hydrogen (secondary N) is 1. The molecule has 0 saturated carbocycles. The number of carboxylic acid groups (broad SMARTS) is 1. The SMILES string of the molecule is CN1Cc2ccccc2N[C@H](CC(=O)O)C1=O. The van der Waals surface area contributed by atoms with Crippen molar-refractivity contribution in [3.63, 3.8) is 0 Å². The zero-order valence-electron chi connectivity index (χ0n) is 9.51. The molecule has 1 aromatic rings. The van der Waals surface area contributed by atoms with Crippen LogP contribution in [0.3, 0.4) is 0 Å². The molecule has 0 unspecified atom stereocenters. The first-order chi connectivity index (χ1) is 8.08. The lowest BCUT2D eigenvalue weighted by atomic mass is 10.1. The predicted molar refractivity (Wildman–Crippen MR) is 62.6 cm³/mol. The number of likely N-dealkylation sites (N-methyl/N-ethyl adjacent to an activating group) is 1. The number of carbonyl (C=O) groups excluding carboxylic acids is 1. The van der Waals surface area contributed by atoms with E-state index in [1.54, 1.807) is 11.9 Å². The molecule has 0 spiro atoms. The highest BCUT2D eigenvalue weighted by Gasteiger charge is 2.28. The number of aliphatic carboxylic acids is 1. The lowest BCUT2D eigenvalue weighted by Crippen LogP contribution is -2.39. The number of hydrogen-bond donors (Lipinski definition) is 2. The summed E-state index contributed by atoms with van der Waals surface area (Å²) in [7, 11) is 1.68. The van der Waals surface area contributed by atoms with Gasteiger partial charge in [-0.15, -0.1) is 0 Å². The number of para-hydroxylation sites is 1. The summed E-state index contributed by atoms with van der Waals surface area (Å²) in [6, 6.07) is 6.85. The van der Waals surface area contributed by atoms with Crippen molar-refractivity contribution in [2.75, 3.05) is 12.4 Å². The van der Waals surface area contributed by atoms with Gasteiger partial charge in [0, 0.05) is 19.3 Å². The van der Waals surface area contributed by atoms with Crippen molar-refractivity contribution in [1.82, 2.24) is 4.90 Å². The summed E-state index contributed by atoms with van der Waals surface area (Å²) >= 11 is 0. The summed E-state index contributed by atoms with van der Waals surface area (Å²) in [6.45, 7) is 0.498. The molecule has 1 aliphatic heterocycles. The van der Waals surface area contributed by atoms with Crippen LogP contribution >= 0.6 is 0 Å². The highest BCUT2D eigenvalue weighted by atomic mass is 16.4. The number of anilines is 1. The summed E-state index contributed by atoms with van der Waals surface area (Å²) in [5.74, 6) is -1.17. The van der Waals surface area contributed by atoms with Gasteiger partial charge < -0.3 is 15.3 Å². The number of nitrogens with zero attached hydrogens (tertiary/aromatic N) is 1. The molecule has 1 amide bonds. The first kappa shape index (κ1) is 11.4. The van der Waals surface area contributed by atoms with E-state index in [4.69, 9.17) is 5.11 Å². The van der Waals surface area contributed by atoms with Crippen LogP contribution in [-0.4, -0.2) is 35.0 Å². The summed E-state index contributed by atoms with van der Waals surface area (Å²) in [4.78, 5) is 24.2. The minimum absolute atomic E-state index is 0.191. The molecular formula is C12H14N2O3. The molecule has 1 heterocycles. The lowest BCUT2D eigenvalue weighted by Gasteiger charge is -2.19. The molecule has 0 fully saturated rings. The maximum Gasteiger partial charge on any atom is 0.305 e. The van der Waals surface area contributed by atoms with E-state index >= 15 is 0 Å². The van der Waals surface area contributed by atoms with Crippen LogP contribution in [-0.2, 0) is 16.1 Å². The molecule has 17 heavy (non-hydrogen) atoms. The number of benzene rings is 1. The van der Waals surface area contributed by atoms with Gasteiger partial charge in [-0.3, -0.25) is 9.59 Å². The van der Waals surface area contributed by atoms with Crippen molar-refractivity contribution in [2.24, 2.45) is 0 Å². The van der Waals surface area contributed by atoms with Crippen molar-refractivity contribution in [3.8, 4) is 0 Å². The highest BCUT2D eigenvalue weighted by Crippen LogP contribution is 2.22. The molecule has 2 rings (SSSR count). The molecule has 90 valence electrons. The fourth-order valence-electron chi connectivity index (χ4n) is 1.96. The Kier molecular flexibility index (Phi) is 2.99. The maximum atomic E-state index is 11.9. The Morgan fingerprint density at radius 2 is 2.24 bits per heavy atom. The first-order valence-corrected chi connectivity index (χ1v) is 5.39. The van der Waals surface area contributed by atoms with Crippen LogP contribution in [0.5, 0.6) is 0 Å². The Morgan fingerprint density at radius 1 is 1.53 bits per heavy atom. The second-order valence-electron chi connectivity index (χ2n) is 4.15. The summed E-state index contributed by atoms with van der Waals surface area (Å²) in [5, 5.41) is 11.8. The molecule has 1 aliphatic rings. The standard InChI is InChI=1S/C12H14N2O3/c1-14-7-8-4-2-3-5-9(8)13-10(12(14)17)6-11(15)16/h2-5,10,13H,6-7H2,1H3,(H,15,16)/t10-/m1/s1. The van der Waals surface area contributed by atoms with Crippen LogP contribution in [0.25, 0.3) is 0 Å². The molecular weight excluding hydrogens is 220 g/mol. The highest BCUT2D eigenvalue weighted by molar-refractivity contribution is 5.89. The van der Waals surface area contributed by atoms with Gasteiger partial charge >= 0.3 is 5.97 Å². The normalized spacial score (nSPS) is 19.2. The Hall–Kier alpha value is -2.04. The van der Waals surface area contributed by atoms with Gasteiger partial charge in [0.2, 0.25) is 5.91 Å². The summed E-state index contributed by atoms with van der Waals surface area (Å²) in [5.41, 5.74) is 1.83. The van der Waals surface area contributed by atoms with Gasteiger partial charge in [-0.2, -0.15) is 0 Å². The molecule has 1 atom stereocenters. The van der Waals surface area contributed by atoms with Crippen LogP contribution in [0.2, 0.25) is 0 Å². The van der Waals surface area contributed by atoms with E-state index in [0.29, 0.717) is 6.54 Å². The molecule has 1 aromatic carbocycles. The number of hydrogen-bond acceptors (Lipinski definition) is 3.